The monoisotopic (exact) mass is 607 g/mol. The van der Waals surface area contributed by atoms with Gasteiger partial charge in [-0.25, -0.2) is 0 Å². The molecule has 0 amide bonds. The van der Waals surface area contributed by atoms with Gasteiger partial charge in [0.25, 0.3) is 0 Å². The van der Waals surface area contributed by atoms with Gasteiger partial charge in [-0.15, -0.1) is 0 Å². The van der Waals surface area contributed by atoms with Crippen LogP contribution in [0.3, 0.4) is 0 Å². The van der Waals surface area contributed by atoms with E-state index in [-0.39, 0.29) is 31.2 Å². The highest BCUT2D eigenvalue weighted by Gasteiger charge is 2.59. The van der Waals surface area contributed by atoms with Crippen LogP contribution in [-0.2, 0) is 11.2 Å². The van der Waals surface area contributed by atoms with Crippen LogP contribution in [-0.4, -0.2) is 78.9 Å². The molecule has 2 bridgehead atoms. The van der Waals surface area contributed by atoms with Crippen molar-refractivity contribution in [2.24, 2.45) is 0 Å². The molecule has 0 saturated carbocycles. The average Bonchev–Trinajstić information content (AvgIpc) is 3.50. The fourth-order valence-electron chi connectivity index (χ4n) is 7.90. The van der Waals surface area contributed by atoms with E-state index in [1.807, 2.05) is 14.0 Å². The molecular weight excluding hydrogens is 562 g/mol. The molecule has 2 aromatic rings. The van der Waals surface area contributed by atoms with E-state index in [1.165, 1.54) is 0 Å². The van der Waals surface area contributed by atoms with Crippen molar-refractivity contribution in [1.82, 2.24) is 9.80 Å². The molecule has 4 heterocycles. The number of nitrogens with zero attached hydrogens (tertiary/aromatic N) is 3. The third-order valence-electron chi connectivity index (χ3n) is 10.00. The Balaban J connectivity index is 1.58. The number of aliphatic hydroxyl groups excluding tert-OH is 1. The van der Waals surface area contributed by atoms with Crippen LogP contribution in [0.1, 0.15) is 91.1 Å². The van der Waals surface area contributed by atoms with Crippen LogP contribution in [0, 0.1) is 25.2 Å². The van der Waals surface area contributed by atoms with Crippen LogP contribution in [0.2, 0.25) is 0 Å². The summed E-state index contributed by atoms with van der Waals surface area (Å²) in [7, 11) is 3.69. The van der Waals surface area contributed by atoms with Gasteiger partial charge in [0.1, 0.15) is 17.9 Å². The lowest BCUT2D eigenvalue weighted by atomic mass is 9.70. The summed E-state index contributed by atoms with van der Waals surface area (Å²) in [4.78, 5) is 4.36. The second-order valence-electron chi connectivity index (χ2n) is 12.5. The number of benzene rings is 2. The molecule has 0 aliphatic carbocycles. The van der Waals surface area contributed by atoms with E-state index >= 15 is 0 Å². The maximum absolute atomic E-state index is 12.4. The molecule has 4 aliphatic heterocycles. The number of methoxy groups -OCH3 is 1. The number of aromatic hydroxyl groups is 1. The zero-order valence-electron chi connectivity index (χ0n) is 26.7. The quantitative estimate of drug-likeness (QED) is 0.357. The first kappa shape index (κ1) is 30.8. The largest absolute Gasteiger partial charge is 0.507 e. The summed E-state index contributed by atoms with van der Waals surface area (Å²) < 4.78 is 30.5. The lowest BCUT2D eigenvalue weighted by molar-refractivity contribution is -0.131. The Morgan fingerprint density at radius 3 is 2.48 bits per heavy atom. The maximum atomic E-state index is 12.4. The Morgan fingerprint density at radius 2 is 1.77 bits per heavy atom. The van der Waals surface area contributed by atoms with Gasteiger partial charge in [0, 0.05) is 34.9 Å². The van der Waals surface area contributed by atoms with Crippen LogP contribution in [0.15, 0.2) is 6.07 Å². The Hall–Kier alpha value is -3.23. The van der Waals surface area contributed by atoms with Gasteiger partial charge in [-0.05, 0) is 51.3 Å². The van der Waals surface area contributed by atoms with E-state index < -0.39 is 24.2 Å². The molecule has 1 saturated heterocycles. The minimum absolute atomic E-state index is 0.00909. The first-order valence-corrected chi connectivity index (χ1v) is 15.9. The first-order chi connectivity index (χ1) is 21.3. The number of hydrogen-bond donors (Lipinski definition) is 2. The number of aryl methyl sites for hydroxylation is 1. The third kappa shape index (κ3) is 4.59. The van der Waals surface area contributed by atoms with Crippen molar-refractivity contribution >= 4 is 0 Å². The van der Waals surface area contributed by atoms with Crippen LogP contribution in [0.25, 0.3) is 0 Å². The fraction of sp³-hybridized carbons (Fsp3) is 0.618. The van der Waals surface area contributed by atoms with Crippen LogP contribution in [0.5, 0.6) is 28.7 Å². The van der Waals surface area contributed by atoms with E-state index in [4.69, 9.17) is 23.7 Å². The van der Waals surface area contributed by atoms with E-state index in [9.17, 15) is 15.5 Å². The minimum atomic E-state index is -1.14. The SMILES string of the molecule is CCCCOC[C@H]1c2c3c(c(C)c(O)c2[C@H](O)[C@@H]2C4c5c(cc(C)c(OC)c5OCCCC)CC([C@H](C#N)N12)N4C)OCO3. The summed E-state index contributed by atoms with van der Waals surface area (Å²) in [5.41, 5.74) is 4.63. The van der Waals surface area contributed by atoms with Crippen molar-refractivity contribution < 1.29 is 33.9 Å². The van der Waals surface area contributed by atoms with Crippen molar-refractivity contribution in [2.75, 3.05) is 40.8 Å². The lowest BCUT2D eigenvalue weighted by Gasteiger charge is -2.61. The van der Waals surface area contributed by atoms with Crippen molar-refractivity contribution in [3.63, 3.8) is 0 Å². The van der Waals surface area contributed by atoms with E-state index in [1.54, 1.807) is 14.0 Å². The topological polar surface area (TPSA) is 117 Å². The highest BCUT2D eigenvalue weighted by Crippen LogP contribution is 2.61. The number of phenols is 1. The number of nitriles is 1. The van der Waals surface area contributed by atoms with Crippen LogP contribution < -0.4 is 18.9 Å². The van der Waals surface area contributed by atoms with Gasteiger partial charge in [-0.1, -0.05) is 32.8 Å². The molecule has 1 fully saturated rings. The molecule has 6 atom stereocenters. The van der Waals surface area contributed by atoms with Crippen molar-refractivity contribution in [3.05, 3.63) is 39.4 Å². The van der Waals surface area contributed by atoms with Gasteiger partial charge >= 0.3 is 0 Å². The Bertz CT molecular complexity index is 1460. The number of likely N-dealkylation sites (N-methyl/N-ethyl adjacent to an activating group) is 1. The van der Waals surface area contributed by atoms with Crippen molar-refractivity contribution in [2.45, 2.75) is 96.1 Å². The second kappa shape index (κ2) is 12.3. The third-order valence-corrected chi connectivity index (χ3v) is 10.00. The molecule has 2 unspecified atom stereocenters. The summed E-state index contributed by atoms with van der Waals surface area (Å²) in [6, 6.07) is 2.63. The fourth-order valence-corrected chi connectivity index (χ4v) is 7.90. The van der Waals surface area contributed by atoms with Crippen LogP contribution >= 0.6 is 0 Å². The molecule has 2 N–H and O–H groups in total. The van der Waals surface area contributed by atoms with E-state index in [2.05, 4.69) is 35.8 Å². The average molecular weight is 608 g/mol. The van der Waals surface area contributed by atoms with E-state index in [0.717, 1.165) is 42.4 Å². The summed E-state index contributed by atoms with van der Waals surface area (Å²) in [5, 5.41) is 34.9. The van der Waals surface area contributed by atoms with Gasteiger partial charge in [0.15, 0.2) is 23.0 Å². The lowest BCUT2D eigenvalue weighted by Crippen LogP contribution is -2.69. The zero-order chi connectivity index (χ0) is 31.3. The molecule has 10 nitrogen and oxygen atoms in total. The molecule has 4 aliphatic rings. The molecular formula is C34H45N3O7. The predicted octanol–water partition coefficient (Wildman–Crippen LogP) is 5.00. The predicted molar refractivity (Wildman–Crippen MR) is 164 cm³/mol. The Morgan fingerprint density at radius 1 is 1.05 bits per heavy atom. The van der Waals surface area contributed by atoms with Crippen molar-refractivity contribution in [3.8, 4) is 34.8 Å². The molecule has 10 heteroatoms. The highest BCUT2D eigenvalue weighted by molar-refractivity contribution is 5.67. The van der Waals surface area contributed by atoms with Crippen LogP contribution in [0.4, 0.5) is 0 Å². The molecule has 238 valence electrons. The molecule has 0 aromatic heterocycles. The number of rotatable bonds is 10. The number of hydrogen-bond acceptors (Lipinski definition) is 10. The summed E-state index contributed by atoms with van der Waals surface area (Å²) in [6.07, 6.45) is 3.29. The molecule has 0 radical (unpaired) electrons. The zero-order valence-corrected chi connectivity index (χ0v) is 26.7. The first-order valence-electron chi connectivity index (χ1n) is 15.9. The van der Waals surface area contributed by atoms with Gasteiger partial charge in [0.2, 0.25) is 6.79 Å². The molecule has 6 rings (SSSR count). The Kier molecular flexibility index (Phi) is 8.59. The van der Waals surface area contributed by atoms with Gasteiger partial charge < -0.3 is 33.9 Å². The smallest absolute Gasteiger partial charge is 0.231 e. The molecule has 2 aromatic carbocycles. The second-order valence-corrected chi connectivity index (χ2v) is 12.5. The maximum Gasteiger partial charge on any atom is 0.231 e. The standard InChI is InChI=1S/C34H45N3O7/c1-7-9-11-41-16-23-25-26(29(38)19(4)32-34(25)44-17-43-32)30(39)28-27-24-20(14-21(36(27)5)22(15-35)37(23)28)13-18(3)31(40-6)33(24)42-12-10-8-2/h13,21-23,27-28,30,38-39H,7-12,14,16-17H2,1-6H3/t21?,22-,23-,27?,28-,30-/m0/s1. The highest BCUT2D eigenvalue weighted by atomic mass is 16.7. The number of ether oxygens (including phenoxy) is 5. The summed E-state index contributed by atoms with van der Waals surface area (Å²) >= 11 is 0. The minimum Gasteiger partial charge on any atom is -0.507 e. The van der Waals surface area contributed by atoms with E-state index in [0.29, 0.717) is 59.3 Å². The van der Waals surface area contributed by atoms with Crippen molar-refractivity contribution in [1.29, 1.82) is 5.26 Å². The number of phenolic OH excluding ortho intramolecular Hbond substituents is 1. The van der Waals surface area contributed by atoms with Gasteiger partial charge in [-0.2, -0.15) is 5.26 Å². The number of fused-ring (bicyclic) bond motifs is 9. The van der Waals surface area contributed by atoms with Gasteiger partial charge in [-0.3, -0.25) is 9.80 Å². The number of piperazine rings is 1. The number of aliphatic hydroxyl groups is 1. The Labute approximate surface area is 260 Å². The summed E-state index contributed by atoms with van der Waals surface area (Å²) in [6.45, 7) is 9.46. The normalized spacial score (nSPS) is 26.9. The molecule has 44 heavy (non-hydrogen) atoms. The summed E-state index contributed by atoms with van der Waals surface area (Å²) in [5.74, 6) is 2.36. The molecule has 0 spiro atoms. The number of unbranched alkanes of at least 4 members (excludes halogenated alkanes) is 2. The van der Waals surface area contributed by atoms with Gasteiger partial charge in [0.05, 0.1) is 44.5 Å².